The fourth-order valence-electron chi connectivity index (χ4n) is 2.40. The number of aromatic nitrogens is 3. The lowest BCUT2D eigenvalue weighted by molar-refractivity contribution is -0.144. The molecule has 1 aliphatic rings. The number of ether oxygens (including phenoxy) is 1. The Hall–Kier alpha value is -3.10. The van der Waals surface area contributed by atoms with Crippen LogP contribution in [0.15, 0.2) is 35.1 Å². The van der Waals surface area contributed by atoms with Gasteiger partial charge < -0.3 is 9.84 Å². The predicted octanol–water partition coefficient (Wildman–Crippen LogP) is 0.177. The van der Waals surface area contributed by atoms with Gasteiger partial charge in [-0.25, -0.2) is 19.5 Å². The van der Waals surface area contributed by atoms with E-state index in [4.69, 9.17) is 4.74 Å². The summed E-state index contributed by atoms with van der Waals surface area (Å²) in [6.45, 7) is -0.236. The fourth-order valence-corrected chi connectivity index (χ4v) is 2.40. The Bertz CT molecular complexity index is 782. The average molecular weight is 318 g/mol. The molecule has 120 valence electrons. The van der Waals surface area contributed by atoms with Gasteiger partial charge in [-0.3, -0.25) is 9.47 Å². The van der Waals surface area contributed by atoms with Crippen molar-refractivity contribution in [3.8, 4) is 0 Å². The maximum Gasteiger partial charge on any atom is 0.411 e. The van der Waals surface area contributed by atoms with Gasteiger partial charge in [0, 0.05) is 0 Å². The molecule has 0 fully saturated rings. The van der Waals surface area contributed by atoms with Gasteiger partial charge in [0.2, 0.25) is 0 Å². The van der Waals surface area contributed by atoms with Crippen LogP contribution < -0.4 is 5.69 Å². The van der Waals surface area contributed by atoms with Crippen LogP contribution in [0.1, 0.15) is 11.4 Å². The molecule has 1 aliphatic heterocycles. The minimum Gasteiger partial charge on any atom is -0.480 e. The molecule has 0 saturated carbocycles. The molecule has 1 atom stereocenters. The highest BCUT2D eigenvalue weighted by Crippen LogP contribution is 2.16. The number of carbonyl (C=O) groups is 2. The summed E-state index contributed by atoms with van der Waals surface area (Å²) in [5, 5.41) is 15.3. The summed E-state index contributed by atoms with van der Waals surface area (Å²) >= 11 is 0. The van der Waals surface area contributed by atoms with E-state index in [0.29, 0.717) is 5.82 Å². The molecule has 2 heterocycles. The van der Waals surface area contributed by atoms with Gasteiger partial charge >= 0.3 is 17.8 Å². The fraction of sp³-hybridized carbons (Fsp3) is 0.286. The summed E-state index contributed by atoms with van der Waals surface area (Å²) in [7, 11) is 0. The lowest BCUT2D eigenvalue weighted by atomic mass is 10.2. The van der Waals surface area contributed by atoms with Crippen LogP contribution in [0.5, 0.6) is 0 Å². The number of rotatable bonds is 3. The summed E-state index contributed by atoms with van der Waals surface area (Å²) in [6, 6.07) is 7.88. The predicted molar refractivity (Wildman–Crippen MR) is 76.4 cm³/mol. The van der Waals surface area contributed by atoms with Crippen molar-refractivity contribution >= 4 is 12.1 Å². The third-order valence-corrected chi connectivity index (χ3v) is 3.61. The van der Waals surface area contributed by atoms with Crippen molar-refractivity contribution < 1.29 is 19.4 Å². The van der Waals surface area contributed by atoms with Gasteiger partial charge in [0.25, 0.3) is 0 Å². The topological polar surface area (TPSA) is 118 Å². The van der Waals surface area contributed by atoms with Gasteiger partial charge in [0.15, 0.2) is 11.9 Å². The number of H-pyrrole nitrogens is 1. The number of amides is 1. The number of aliphatic carboxylic acids is 1. The summed E-state index contributed by atoms with van der Waals surface area (Å²) in [5.41, 5.74) is 0.296. The summed E-state index contributed by atoms with van der Waals surface area (Å²) in [6.07, 6.45) is -0.761. The molecule has 0 saturated heterocycles. The number of carbonyl (C=O) groups excluding carboxylic acids is 1. The van der Waals surface area contributed by atoms with Crippen LogP contribution in [0.25, 0.3) is 0 Å². The summed E-state index contributed by atoms with van der Waals surface area (Å²) in [4.78, 5) is 36.2. The van der Waals surface area contributed by atoms with E-state index in [2.05, 4.69) is 10.2 Å². The molecule has 23 heavy (non-hydrogen) atoms. The van der Waals surface area contributed by atoms with Crippen molar-refractivity contribution in [2.75, 3.05) is 0 Å². The van der Waals surface area contributed by atoms with Gasteiger partial charge in [0.1, 0.15) is 6.61 Å². The van der Waals surface area contributed by atoms with Gasteiger partial charge in [-0.2, -0.15) is 5.10 Å². The maximum absolute atomic E-state index is 12.2. The van der Waals surface area contributed by atoms with Crippen LogP contribution >= 0.6 is 0 Å². The molecule has 3 rings (SSSR count). The van der Waals surface area contributed by atoms with E-state index in [-0.39, 0.29) is 19.7 Å². The first-order valence-corrected chi connectivity index (χ1v) is 6.90. The van der Waals surface area contributed by atoms with Crippen LogP contribution in [0, 0.1) is 0 Å². The number of hydrogen-bond donors (Lipinski definition) is 2. The minimum atomic E-state index is -1.21. The second-order valence-electron chi connectivity index (χ2n) is 5.08. The Labute approximate surface area is 130 Å². The van der Waals surface area contributed by atoms with E-state index in [1.165, 1.54) is 4.57 Å². The van der Waals surface area contributed by atoms with Crippen LogP contribution in [0.3, 0.4) is 0 Å². The van der Waals surface area contributed by atoms with E-state index in [1.54, 1.807) is 12.1 Å². The first kappa shape index (κ1) is 14.8. The molecular weight excluding hydrogens is 304 g/mol. The Kier molecular flexibility index (Phi) is 3.83. The second-order valence-corrected chi connectivity index (χ2v) is 5.08. The van der Waals surface area contributed by atoms with Gasteiger partial charge in [-0.15, -0.1) is 0 Å². The Morgan fingerprint density at radius 2 is 2.09 bits per heavy atom. The Morgan fingerprint density at radius 3 is 2.78 bits per heavy atom. The Balaban J connectivity index is 1.75. The minimum absolute atomic E-state index is 0.0376. The van der Waals surface area contributed by atoms with Gasteiger partial charge in [0.05, 0.1) is 13.1 Å². The van der Waals surface area contributed by atoms with E-state index in [9.17, 15) is 19.5 Å². The molecule has 1 aromatic carbocycles. The van der Waals surface area contributed by atoms with Crippen LogP contribution in [-0.4, -0.2) is 42.9 Å². The molecule has 0 bridgehead atoms. The standard InChI is InChI=1S/C14H14N4O5/c19-12(20)10-6-18-11(15-16-13(18)21)7-17(10)14(22)23-8-9-4-2-1-3-5-9/h1-5,10H,6-8H2,(H,16,21)(H,19,20). The monoisotopic (exact) mass is 318 g/mol. The number of carboxylic acids is 1. The van der Waals surface area contributed by atoms with Gasteiger partial charge in [-0.05, 0) is 5.56 Å². The smallest absolute Gasteiger partial charge is 0.411 e. The molecule has 1 unspecified atom stereocenters. The van der Waals surface area contributed by atoms with E-state index < -0.39 is 23.8 Å². The number of nitrogens with one attached hydrogen (secondary N) is 1. The largest absolute Gasteiger partial charge is 0.480 e. The molecule has 2 aromatic rings. The van der Waals surface area contributed by atoms with Crippen molar-refractivity contribution in [3.63, 3.8) is 0 Å². The molecule has 0 radical (unpaired) electrons. The number of benzene rings is 1. The zero-order chi connectivity index (χ0) is 16.4. The molecule has 1 amide bonds. The van der Waals surface area contributed by atoms with Crippen molar-refractivity contribution in [1.82, 2.24) is 19.7 Å². The summed E-state index contributed by atoms with van der Waals surface area (Å²) < 4.78 is 6.38. The summed E-state index contributed by atoms with van der Waals surface area (Å²) in [5.74, 6) is -0.912. The third kappa shape index (κ3) is 2.93. The van der Waals surface area contributed by atoms with Gasteiger partial charge in [-0.1, -0.05) is 30.3 Å². The SMILES string of the molecule is O=C(O)C1Cn2c(n[nH]c2=O)CN1C(=O)OCc1ccccc1. The van der Waals surface area contributed by atoms with Crippen molar-refractivity contribution in [1.29, 1.82) is 0 Å². The lowest BCUT2D eigenvalue weighted by Gasteiger charge is -2.31. The van der Waals surface area contributed by atoms with E-state index in [1.807, 2.05) is 18.2 Å². The number of hydrogen-bond acceptors (Lipinski definition) is 5. The van der Waals surface area contributed by atoms with E-state index >= 15 is 0 Å². The molecular formula is C14H14N4O5. The maximum atomic E-state index is 12.2. The van der Waals surface area contributed by atoms with Crippen molar-refractivity contribution in [2.45, 2.75) is 25.7 Å². The Morgan fingerprint density at radius 1 is 1.35 bits per heavy atom. The first-order chi connectivity index (χ1) is 11.1. The molecule has 9 heteroatoms. The molecule has 0 aliphatic carbocycles. The quantitative estimate of drug-likeness (QED) is 0.833. The van der Waals surface area contributed by atoms with E-state index in [0.717, 1.165) is 10.5 Å². The van der Waals surface area contributed by atoms with Crippen LogP contribution in [0.2, 0.25) is 0 Å². The molecule has 2 N–H and O–H groups in total. The first-order valence-electron chi connectivity index (χ1n) is 6.90. The highest BCUT2D eigenvalue weighted by atomic mass is 16.6. The lowest BCUT2D eigenvalue weighted by Crippen LogP contribution is -2.52. The van der Waals surface area contributed by atoms with Crippen LogP contribution in [0.4, 0.5) is 4.79 Å². The highest BCUT2D eigenvalue weighted by Gasteiger charge is 2.37. The molecule has 9 nitrogen and oxygen atoms in total. The van der Waals surface area contributed by atoms with Crippen molar-refractivity contribution in [3.05, 3.63) is 52.2 Å². The zero-order valence-corrected chi connectivity index (χ0v) is 12.0. The molecule has 0 spiro atoms. The third-order valence-electron chi connectivity index (χ3n) is 3.61. The average Bonchev–Trinajstić information content (AvgIpc) is 2.93. The van der Waals surface area contributed by atoms with Crippen molar-refractivity contribution in [2.24, 2.45) is 0 Å². The number of fused-ring (bicyclic) bond motifs is 1. The normalized spacial score (nSPS) is 16.7. The number of carboxylic acid groups (broad SMARTS) is 1. The van der Waals surface area contributed by atoms with Crippen LogP contribution in [-0.2, 0) is 29.2 Å². The number of nitrogens with zero attached hydrogens (tertiary/aromatic N) is 3. The second kappa shape index (κ2) is 5.95. The zero-order valence-electron chi connectivity index (χ0n) is 12.0. The number of aromatic amines is 1. The molecule has 1 aromatic heterocycles. The highest BCUT2D eigenvalue weighted by molar-refractivity contribution is 5.80.